The second-order valence-corrected chi connectivity index (χ2v) is 8.30. The first-order chi connectivity index (χ1) is 13.9. The number of aliphatic carboxylic acids is 1. The topological polar surface area (TPSA) is 66.8 Å². The first-order valence-corrected chi connectivity index (χ1v) is 10.4. The molecule has 0 unspecified atom stereocenters. The Bertz CT molecular complexity index is 957. The van der Waals surface area contributed by atoms with Crippen molar-refractivity contribution in [2.24, 2.45) is 0 Å². The van der Waals surface area contributed by atoms with Crippen molar-refractivity contribution in [2.45, 2.75) is 26.4 Å². The molecule has 1 saturated heterocycles. The van der Waals surface area contributed by atoms with Gasteiger partial charge in [0.15, 0.2) is 0 Å². The van der Waals surface area contributed by atoms with Crippen LogP contribution in [-0.4, -0.2) is 32.7 Å². The number of amides is 1. The van der Waals surface area contributed by atoms with Crippen molar-refractivity contribution in [3.63, 3.8) is 0 Å². The number of benzene rings is 2. The fourth-order valence-corrected chi connectivity index (χ4v) is 4.16. The molecule has 2 aromatic carbocycles. The van der Waals surface area contributed by atoms with Crippen LogP contribution in [0.15, 0.2) is 53.4 Å². The van der Waals surface area contributed by atoms with Gasteiger partial charge in [-0.2, -0.15) is 0 Å². The van der Waals surface area contributed by atoms with Crippen molar-refractivity contribution in [3.05, 3.63) is 70.1 Å². The van der Waals surface area contributed by atoms with Crippen LogP contribution in [-0.2, 0) is 16.2 Å². The molecular formula is C22H21NO4S2. The van der Waals surface area contributed by atoms with Crippen molar-refractivity contribution in [2.75, 3.05) is 6.54 Å². The van der Waals surface area contributed by atoms with Gasteiger partial charge in [-0.1, -0.05) is 60.4 Å². The molecule has 1 fully saturated rings. The molecule has 1 aliphatic rings. The highest BCUT2D eigenvalue weighted by atomic mass is 32.2. The van der Waals surface area contributed by atoms with Gasteiger partial charge in [-0.15, -0.1) is 0 Å². The number of carboxylic acid groups (broad SMARTS) is 1. The fourth-order valence-electron chi connectivity index (χ4n) is 2.86. The molecule has 2 aromatic rings. The molecule has 5 nitrogen and oxygen atoms in total. The Balaban J connectivity index is 1.66. The van der Waals surface area contributed by atoms with Gasteiger partial charge in [0, 0.05) is 13.0 Å². The molecule has 7 heteroatoms. The number of carbonyl (C=O) groups is 2. The normalized spacial score (nSPS) is 15.2. The Morgan fingerprint density at radius 3 is 2.69 bits per heavy atom. The van der Waals surface area contributed by atoms with E-state index in [0.717, 1.165) is 22.4 Å². The average molecular weight is 428 g/mol. The summed E-state index contributed by atoms with van der Waals surface area (Å²) in [6, 6.07) is 15.7. The lowest BCUT2D eigenvalue weighted by atomic mass is 10.1. The van der Waals surface area contributed by atoms with E-state index in [1.165, 1.54) is 16.7 Å². The van der Waals surface area contributed by atoms with Crippen LogP contribution in [0.4, 0.5) is 0 Å². The van der Waals surface area contributed by atoms with Crippen LogP contribution in [0.1, 0.15) is 29.5 Å². The summed E-state index contributed by atoms with van der Waals surface area (Å²) in [6.07, 6.45) is 2.22. The molecule has 0 spiro atoms. The lowest BCUT2D eigenvalue weighted by Crippen LogP contribution is -2.29. The van der Waals surface area contributed by atoms with Gasteiger partial charge in [-0.05, 0) is 48.2 Å². The number of rotatable bonds is 8. The van der Waals surface area contributed by atoms with E-state index >= 15 is 0 Å². The third-order valence-electron chi connectivity index (χ3n) is 4.42. The SMILES string of the molecule is Cc1cc(OCc2ccccc2)ccc1C=C1SC(=S)N(CCCC(=O)O)C1=O. The largest absolute Gasteiger partial charge is 0.489 e. The third-order valence-corrected chi connectivity index (χ3v) is 5.80. The number of ether oxygens (including phenoxy) is 1. The summed E-state index contributed by atoms with van der Waals surface area (Å²) in [7, 11) is 0. The lowest BCUT2D eigenvalue weighted by Gasteiger charge is -2.13. The van der Waals surface area contributed by atoms with Crippen molar-refractivity contribution in [3.8, 4) is 5.75 Å². The van der Waals surface area contributed by atoms with Gasteiger partial charge >= 0.3 is 5.97 Å². The quantitative estimate of drug-likeness (QED) is 0.489. The third kappa shape index (κ3) is 5.68. The predicted molar refractivity (Wildman–Crippen MR) is 119 cm³/mol. The number of carbonyl (C=O) groups excluding carboxylic acids is 1. The zero-order chi connectivity index (χ0) is 20.8. The summed E-state index contributed by atoms with van der Waals surface area (Å²) in [5, 5.41) is 8.76. The Morgan fingerprint density at radius 2 is 2.00 bits per heavy atom. The summed E-state index contributed by atoms with van der Waals surface area (Å²) >= 11 is 6.53. The highest BCUT2D eigenvalue weighted by Crippen LogP contribution is 2.33. The second kappa shape index (κ2) is 9.71. The maximum Gasteiger partial charge on any atom is 0.303 e. The molecule has 0 radical (unpaired) electrons. The van der Waals surface area contributed by atoms with Gasteiger partial charge < -0.3 is 9.84 Å². The summed E-state index contributed by atoms with van der Waals surface area (Å²) in [5.41, 5.74) is 3.01. The number of nitrogens with zero attached hydrogens (tertiary/aromatic N) is 1. The summed E-state index contributed by atoms with van der Waals surface area (Å²) in [5.74, 6) is -0.282. The van der Waals surface area contributed by atoms with Gasteiger partial charge in [0.2, 0.25) is 0 Å². The van der Waals surface area contributed by atoms with Crippen molar-refractivity contribution in [1.82, 2.24) is 4.90 Å². The molecule has 1 N–H and O–H groups in total. The highest BCUT2D eigenvalue weighted by Gasteiger charge is 2.31. The molecule has 3 rings (SSSR count). The van der Waals surface area contributed by atoms with E-state index in [2.05, 4.69) is 0 Å². The van der Waals surface area contributed by atoms with Crippen LogP contribution in [0.5, 0.6) is 5.75 Å². The standard InChI is InChI=1S/C22H21NO4S2/c1-15-12-18(27-14-16-6-3-2-4-7-16)10-9-17(15)13-19-21(26)23(22(28)29-19)11-5-8-20(24)25/h2-4,6-7,9-10,12-13H,5,8,11,14H2,1H3,(H,24,25). The molecule has 0 atom stereocenters. The van der Waals surface area contributed by atoms with Crippen LogP contribution in [0, 0.1) is 6.92 Å². The Hall–Kier alpha value is -2.64. The van der Waals surface area contributed by atoms with E-state index in [4.69, 9.17) is 22.1 Å². The minimum absolute atomic E-state index is 0.0136. The average Bonchev–Trinajstić information content (AvgIpc) is 2.96. The first-order valence-electron chi connectivity index (χ1n) is 9.18. The fraction of sp³-hybridized carbons (Fsp3) is 0.227. The second-order valence-electron chi connectivity index (χ2n) is 6.62. The lowest BCUT2D eigenvalue weighted by molar-refractivity contribution is -0.137. The van der Waals surface area contributed by atoms with E-state index in [0.29, 0.717) is 28.8 Å². The van der Waals surface area contributed by atoms with Gasteiger partial charge in [0.25, 0.3) is 5.91 Å². The van der Waals surface area contributed by atoms with Gasteiger partial charge in [0.1, 0.15) is 16.7 Å². The monoisotopic (exact) mass is 427 g/mol. The zero-order valence-electron chi connectivity index (χ0n) is 16.0. The number of hydrogen-bond donors (Lipinski definition) is 1. The van der Waals surface area contributed by atoms with Gasteiger partial charge in [-0.25, -0.2) is 0 Å². The van der Waals surface area contributed by atoms with Crippen LogP contribution < -0.4 is 4.74 Å². The Morgan fingerprint density at radius 1 is 1.24 bits per heavy atom. The number of thioether (sulfide) groups is 1. The number of carboxylic acids is 1. The van der Waals surface area contributed by atoms with Crippen molar-refractivity contribution in [1.29, 1.82) is 0 Å². The number of thiocarbonyl (C=S) groups is 1. The minimum Gasteiger partial charge on any atom is -0.489 e. The van der Waals surface area contributed by atoms with Crippen LogP contribution in [0.2, 0.25) is 0 Å². The first kappa shape index (κ1) is 21.1. The maximum absolute atomic E-state index is 12.6. The Labute approximate surface area is 179 Å². The van der Waals surface area contributed by atoms with Crippen LogP contribution >= 0.6 is 24.0 Å². The molecule has 0 saturated carbocycles. The molecule has 29 heavy (non-hydrogen) atoms. The molecule has 150 valence electrons. The van der Waals surface area contributed by atoms with E-state index in [9.17, 15) is 9.59 Å². The molecule has 0 aliphatic carbocycles. The van der Waals surface area contributed by atoms with E-state index in [-0.39, 0.29) is 12.3 Å². The van der Waals surface area contributed by atoms with Gasteiger partial charge in [-0.3, -0.25) is 14.5 Å². The van der Waals surface area contributed by atoms with Crippen LogP contribution in [0.25, 0.3) is 6.08 Å². The minimum atomic E-state index is -0.879. The highest BCUT2D eigenvalue weighted by molar-refractivity contribution is 8.26. The molecule has 1 heterocycles. The summed E-state index contributed by atoms with van der Waals surface area (Å²) in [6.45, 7) is 2.78. The molecule has 1 amide bonds. The maximum atomic E-state index is 12.6. The van der Waals surface area contributed by atoms with E-state index in [1.807, 2.05) is 61.5 Å². The zero-order valence-corrected chi connectivity index (χ0v) is 17.6. The number of aryl methyl sites for hydroxylation is 1. The molecular weight excluding hydrogens is 406 g/mol. The van der Waals surface area contributed by atoms with Crippen LogP contribution in [0.3, 0.4) is 0 Å². The smallest absolute Gasteiger partial charge is 0.303 e. The van der Waals surface area contributed by atoms with Gasteiger partial charge in [0.05, 0.1) is 4.91 Å². The van der Waals surface area contributed by atoms with Crippen molar-refractivity contribution < 1.29 is 19.4 Å². The predicted octanol–water partition coefficient (Wildman–Crippen LogP) is 4.64. The summed E-state index contributed by atoms with van der Waals surface area (Å²) in [4.78, 5) is 25.3. The molecule has 0 bridgehead atoms. The van der Waals surface area contributed by atoms with Crippen molar-refractivity contribution >= 4 is 46.3 Å². The van der Waals surface area contributed by atoms with E-state index in [1.54, 1.807) is 0 Å². The van der Waals surface area contributed by atoms with E-state index < -0.39 is 5.97 Å². The molecule has 0 aromatic heterocycles. The molecule has 1 aliphatic heterocycles. The number of hydrogen-bond acceptors (Lipinski definition) is 5. The summed E-state index contributed by atoms with van der Waals surface area (Å²) < 4.78 is 6.31. The Kier molecular flexibility index (Phi) is 7.06.